The molecular weight excluding hydrogens is 246 g/mol. The minimum absolute atomic E-state index is 0.0969. The van der Waals surface area contributed by atoms with E-state index < -0.39 is 5.97 Å². The number of nitrogens with one attached hydrogen (secondary N) is 1. The maximum absolute atomic E-state index is 10.5. The van der Waals surface area contributed by atoms with Crippen molar-refractivity contribution >= 4 is 12.4 Å². The largest absolute Gasteiger partial charge is 0.497 e. The van der Waals surface area contributed by atoms with Gasteiger partial charge in [-0.05, 0) is 30.5 Å². The summed E-state index contributed by atoms with van der Waals surface area (Å²) < 4.78 is 5.17. The van der Waals surface area contributed by atoms with E-state index in [1.54, 1.807) is 7.11 Å². The number of amides is 1. The molecule has 1 unspecified atom stereocenters. The molecule has 1 aromatic carbocycles. The Balaban J connectivity index is 2.70. The fourth-order valence-electron chi connectivity index (χ4n) is 1.97. The second kappa shape index (κ2) is 8.13. The van der Waals surface area contributed by atoms with Gasteiger partial charge in [-0.2, -0.15) is 0 Å². The molecule has 5 nitrogen and oxygen atoms in total. The molecule has 0 aliphatic heterocycles. The summed E-state index contributed by atoms with van der Waals surface area (Å²) in [5.41, 5.74) is 1.04. The Morgan fingerprint density at radius 3 is 2.95 bits per heavy atom. The lowest BCUT2D eigenvalue weighted by Gasteiger charge is -2.17. The highest BCUT2D eigenvalue weighted by molar-refractivity contribution is 5.66. The van der Waals surface area contributed by atoms with Crippen LogP contribution in [0.5, 0.6) is 5.75 Å². The van der Waals surface area contributed by atoms with Crippen LogP contribution in [0, 0.1) is 0 Å². The van der Waals surface area contributed by atoms with Crippen LogP contribution in [0.15, 0.2) is 24.3 Å². The van der Waals surface area contributed by atoms with Crippen LogP contribution in [0.1, 0.15) is 30.7 Å². The van der Waals surface area contributed by atoms with Crippen LogP contribution in [-0.2, 0) is 9.59 Å². The highest BCUT2D eigenvalue weighted by Gasteiger charge is 2.12. The molecule has 0 saturated heterocycles. The second-order valence-electron chi connectivity index (χ2n) is 4.29. The molecule has 1 amide bonds. The number of carboxylic acid groups (broad SMARTS) is 1. The third-order valence-electron chi connectivity index (χ3n) is 2.96. The van der Waals surface area contributed by atoms with Gasteiger partial charge >= 0.3 is 5.97 Å². The number of aliphatic carboxylic acids is 1. The number of hydrogen-bond donors (Lipinski definition) is 2. The summed E-state index contributed by atoms with van der Waals surface area (Å²) in [5, 5.41) is 11.3. The Morgan fingerprint density at radius 2 is 2.32 bits per heavy atom. The summed E-state index contributed by atoms with van der Waals surface area (Å²) in [6, 6.07) is 7.61. The number of methoxy groups -OCH3 is 1. The van der Waals surface area contributed by atoms with Crippen LogP contribution in [-0.4, -0.2) is 31.1 Å². The average molecular weight is 265 g/mol. The number of rotatable bonds is 9. The molecule has 2 N–H and O–H groups in total. The zero-order valence-electron chi connectivity index (χ0n) is 11.0. The number of carbonyl (C=O) groups is 2. The van der Waals surface area contributed by atoms with E-state index in [2.05, 4.69) is 5.32 Å². The summed E-state index contributed by atoms with van der Waals surface area (Å²) in [7, 11) is 1.60. The van der Waals surface area contributed by atoms with Gasteiger partial charge in [-0.3, -0.25) is 9.59 Å². The molecule has 0 radical (unpaired) electrons. The van der Waals surface area contributed by atoms with Crippen molar-refractivity contribution in [1.29, 1.82) is 0 Å². The molecule has 104 valence electrons. The minimum Gasteiger partial charge on any atom is -0.497 e. The van der Waals surface area contributed by atoms with E-state index >= 15 is 0 Å². The standard InChI is InChI=1S/C14H19NO4/c1-19-13-6-2-4-11(8-13)12(9-15-10-16)5-3-7-14(17)18/h2,4,6,8,10,12H,3,5,7,9H2,1H3,(H,15,16)(H,17,18). The first kappa shape index (κ1) is 15.0. The normalized spacial score (nSPS) is 11.6. The first-order chi connectivity index (χ1) is 9.17. The lowest BCUT2D eigenvalue weighted by Crippen LogP contribution is -2.20. The summed E-state index contributed by atoms with van der Waals surface area (Å²) in [6.07, 6.45) is 2.09. The third-order valence-corrected chi connectivity index (χ3v) is 2.96. The van der Waals surface area contributed by atoms with Crippen molar-refractivity contribution in [3.63, 3.8) is 0 Å². The van der Waals surface area contributed by atoms with Crippen LogP contribution in [0.2, 0.25) is 0 Å². The van der Waals surface area contributed by atoms with Crippen molar-refractivity contribution in [3.05, 3.63) is 29.8 Å². The van der Waals surface area contributed by atoms with Crippen molar-refractivity contribution < 1.29 is 19.4 Å². The maximum Gasteiger partial charge on any atom is 0.303 e. The summed E-state index contributed by atoms with van der Waals surface area (Å²) >= 11 is 0. The van der Waals surface area contributed by atoms with Crippen LogP contribution >= 0.6 is 0 Å². The Labute approximate surface area is 112 Å². The highest BCUT2D eigenvalue weighted by atomic mass is 16.5. The molecule has 0 aromatic heterocycles. The fourth-order valence-corrected chi connectivity index (χ4v) is 1.97. The quantitative estimate of drug-likeness (QED) is 0.667. The van der Waals surface area contributed by atoms with Gasteiger partial charge in [0.05, 0.1) is 7.11 Å². The monoisotopic (exact) mass is 265 g/mol. The lowest BCUT2D eigenvalue weighted by molar-refractivity contribution is -0.137. The number of hydrogen-bond acceptors (Lipinski definition) is 3. The van der Waals surface area contributed by atoms with Crippen molar-refractivity contribution in [2.75, 3.05) is 13.7 Å². The molecule has 0 fully saturated rings. The minimum atomic E-state index is -0.798. The summed E-state index contributed by atoms with van der Waals surface area (Å²) in [5.74, 6) is 0.0548. The molecule has 1 rings (SSSR count). The molecule has 0 saturated carbocycles. The Hall–Kier alpha value is -2.04. The van der Waals surface area contributed by atoms with Gasteiger partial charge in [0.1, 0.15) is 5.75 Å². The van der Waals surface area contributed by atoms with E-state index in [-0.39, 0.29) is 12.3 Å². The first-order valence-corrected chi connectivity index (χ1v) is 6.20. The van der Waals surface area contributed by atoms with Crippen molar-refractivity contribution in [2.24, 2.45) is 0 Å². The molecule has 0 bridgehead atoms. The van der Waals surface area contributed by atoms with E-state index in [0.717, 1.165) is 11.3 Å². The van der Waals surface area contributed by atoms with Crippen molar-refractivity contribution in [1.82, 2.24) is 5.32 Å². The van der Waals surface area contributed by atoms with Gasteiger partial charge in [0.15, 0.2) is 0 Å². The second-order valence-corrected chi connectivity index (χ2v) is 4.29. The van der Waals surface area contributed by atoms with Crippen LogP contribution in [0.25, 0.3) is 0 Å². The van der Waals surface area contributed by atoms with Gasteiger partial charge in [0, 0.05) is 18.9 Å². The zero-order valence-corrected chi connectivity index (χ0v) is 11.0. The van der Waals surface area contributed by atoms with Gasteiger partial charge < -0.3 is 15.2 Å². The highest BCUT2D eigenvalue weighted by Crippen LogP contribution is 2.24. The first-order valence-electron chi connectivity index (χ1n) is 6.20. The lowest BCUT2D eigenvalue weighted by atomic mass is 9.93. The Morgan fingerprint density at radius 1 is 1.53 bits per heavy atom. The molecule has 0 aliphatic carbocycles. The molecule has 19 heavy (non-hydrogen) atoms. The molecule has 1 aromatic rings. The predicted octanol–water partition coefficient (Wildman–Crippen LogP) is 1.78. The van der Waals surface area contributed by atoms with Gasteiger partial charge in [0.25, 0.3) is 0 Å². The van der Waals surface area contributed by atoms with Gasteiger partial charge in [-0.15, -0.1) is 0 Å². The molecule has 0 aliphatic rings. The smallest absolute Gasteiger partial charge is 0.303 e. The Bertz CT molecular complexity index is 420. The van der Waals surface area contributed by atoms with Crippen LogP contribution in [0.4, 0.5) is 0 Å². The topological polar surface area (TPSA) is 75.6 Å². The number of benzene rings is 1. The molecule has 1 atom stereocenters. The van der Waals surface area contributed by atoms with E-state index in [1.807, 2.05) is 24.3 Å². The van der Waals surface area contributed by atoms with Gasteiger partial charge in [-0.1, -0.05) is 12.1 Å². The van der Waals surface area contributed by atoms with Crippen molar-refractivity contribution in [3.8, 4) is 5.75 Å². The number of carbonyl (C=O) groups excluding carboxylic acids is 1. The SMILES string of the molecule is COc1cccc(C(CCCC(=O)O)CNC=O)c1. The molecule has 0 heterocycles. The van der Waals surface area contributed by atoms with Crippen LogP contribution < -0.4 is 10.1 Å². The van der Waals surface area contributed by atoms with Gasteiger partial charge in [-0.25, -0.2) is 0 Å². The van der Waals surface area contributed by atoms with E-state index in [4.69, 9.17) is 9.84 Å². The Kier molecular flexibility index (Phi) is 6.43. The average Bonchev–Trinajstić information content (AvgIpc) is 2.42. The third kappa shape index (κ3) is 5.42. The van der Waals surface area contributed by atoms with E-state index in [9.17, 15) is 9.59 Å². The van der Waals surface area contributed by atoms with Gasteiger partial charge in [0.2, 0.25) is 6.41 Å². The predicted molar refractivity (Wildman–Crippen MR) is 71.3 cm³/mol. The molecular formula is C14H19NO4. The fraction of sp³-hybridized carbons (Fsp3) is 0.429. The maximum atomic E-state index is 10.5. The van der Waals surface area contributed by atoms with E-state index in [1.165, 1.54) is 0 Å². The molecule has 5 heteroatoms. The molecule has 0 spiro atoms. The number of ether oxygens (including phenoxy) is 1. The summed E-state index contributed by atoms with van der Waals surface area (Å²) in [4.78, 5) is 21.0. The zero-order chi connectivity index (χ0) is 14.1. The van der Waals surface area contributed by atoms with E-state index in [0.29, 0.717) is 25.8 Å². The number of carboxylic acids is 1. The van der Waals surface area contributed by atoms with Crippen molar-refractivity contribution in [2.45, 2.75) is 25.2 Å². The van der Waals surface area contributed by atoms with Crippen LogP contribution in [0.3, 0.4) is 0 Å². The summed E-state index contributed by atoms with van der Waals surface area (Å²) in [6.45, 7) is 0.496.